The molecule has 12 heteroatoms. The van der Waals surface area contributed by atoms with Crippen molar-refractivity contribution in [1.29, 1.82) is 0 Å². The minimum atomic E-state index is -3.65. The Hall–Kier alpha value is -2.99. The topological polar surface area (TPSA) is 147 Å². The molecule has 0 bridgehead atoms. The number of anilines is 1. The van der Waals surface area contributed by atoms with Crippen molar-refractivity contribution in [1.82, 2.24) is 4.98 Å². The van der Waals surface area contributed by atoms with Crippen molar-refractivity contribution in [2.45, 2.75) is 50.7 Å². The number of hydrogen-bond donors (Lipinski definition) is 1. The summed E-state index contributed by atoms with van der Waals surface area (Å²) in [6.45, 7) is 7.53. The van der Waals surface area contributed by atoms with E-state index in [0.29, 0.717) is 0 Å². The standard InChI is InChI=1S/C21H27N3O7S2/c1-20(2,3)30-18(26)21(4,5)31-24-16(15-13-32-19(22)23-15)17(25)29-11-12-33(27,28)14-9-7-6-8-10-14/h6-10,13H,11-12H2,1-5H3,(H2,22,23). The van der Waals surface area contributed by atoms with E-state index in [2.05, 4.69) is 10.1 Å². The van der Waals surface area contributed by atoms with Gasteiger partial charge in [-0.15, -0.1) is 11.3 Å². The number of thiazole rings is 1. The smallest absolute Gasteiger partial charge is 0.362 e. The van der Waals surface area contributed by atoms with Crippen LogP contribution in [0.25, 0.3) is 0 Å². The zero-order chi connectivity index (χ0) is 24.9. The van der Waals surface area contributed by atoms with Gasteiger partial charge in [-0.2, -0.15) is 0 Å². The highest BCUT2D eigenvalue weighted by molar-refractivity contribution is 7.91. The first-order chi connectivity index (χ1) is 15.2. The maximum Gasteiger partial charge on any atom is 0.362 e. The maximum absolute atomic E-state index is 12.7. The molecule has 0 unspecified atom stereocenters. The van der Waals surface area contributed by atoms with Gasteiger partial charge < -0.3 is 20.0 Å². The molecule has 2 aromatic rings. The Morgan fingerprint density at radius 3 is 2.30 bits per heavy atom. The molecule has 0 radical (unpaired) electrons. The van der Waals surface area contributed by atoms with Gasteiger partial charge in [0.2, 0.25) is 11.3 Å². The Kier molecular flexibility index (Phi) is 8.20. The lowest BCUT2D eigenvalue weighted by molar-refractivity contribution is -0.179. The molecule has 180 valence electrons. The third-order valence-corrected chi connectivity index (χ3v) is 6.27. The zero-order valence-electron chi connectivity index (χ0n) is 19.0. The third kappa shape index (κ3) is 7.82. The number of aromatic nitrogens is 1. The monoisotopic (exact) mass is 497 g/mol. The molecule has 1 heterocycles. The van der Waals surface area contributed by atoms with Crippen LogP contribution in [0.4, 0.5) is 5.13 Å². The number of nitrogens with zero attached hydrogens (tertiary/aromatic N) is 2. The minimum absolute atomic E-state index is 0.0633. The van der Waals surface area contributed by atoms with Crippen molar-refractivity contribution in [3.8, 4) is 0 Å². The van der Waals surface area contributed by atoms with E-state index in [0.717, 1.165) is 11.3 Å². The summed E-state index contributed by atoms with van der Waals surface area (Å²) in [5.41, 5.74) is 3.06. The number of hydrogen-bond acceptors (Lipinski definition) is 11. The van der Waals surface area contributed by atoms with Crippen molar-refractivity contribution in [2.75, 3.05) is 18.1 Å². The Labute approximate surface area is 196 Å². The normalized spacial score (nSPS) is 12.8. The molecule has 1 aromatic heterocycles. The van der Waals surface area contributed by atoms with Crippen molar-refractivity contribution >= 4 is 44.0 Å². The number of oxime groups is 1. The van der Waals surface area contributed by atoms with Crippen molar-refractivity contribution in [2.24, 2.45) is 5.16 Å². The van der Waals surface area contributed by atoms with Crippen LogP contribution in [-0.2, 0) is 33.7 Å². The number of esters is 2. The summed E-state index contributed by atoms with van der Waals surface area (Å²) in [6.07, 6.45) is 0. The third-order valence-electron chi connectivity index (χ3n) is 3.90. The predicted molar refractivity (Wildman–Crippen MR) is 124 cm³/mol. The van der Waals surface area contributed by atoms with E-state index in [4.69, 9.17) is 20.0 Å². The van der Waals surface area contributed by atoms with Crippen LogP contribution in [0, 0.1) is 0 Å². The summed E-state index contributed by atoms with van der Waals surface area (Å²) in [5, 5.41) is 5.41. The molecule has 0 atom stereocenters. The largest absolute Gasteiger partial charge is 0.460 e. The maximum atomic E-state index is 12.7. The highest BCUT2D eigenvalue weighted by atomic mass is 32.2. The average Bonchev–Trinajstić information content (AvgIpc) is 3.13. The predicted octanol–water partition coefficient (Wildman–Crippen LogP) is 2.58. The molecule has 0 fully saturated rings. The SMILES string of the molecule is CC(C)(C)OC(=O)C(C)(C)ON=C(C(=O)OCCS(=O)(=O)c1ccccc1)c1csc(N)n1. The number of ether oxygens (including phenoxy) is 2. The highest BCUT2D eigenvalue weighted by Gasteiger charge is 2.36. The van der Waals surface area contributed by atoms with Crippen LogP contribution in [-0.4, -0.2) is 54.6 Å². The van der Waals surface area contributed by atoms with E-state index < -0.39 is 45.3 Å². The minimum Gasteiger partial charge on any atom is -0.460 e. The summed E-state index contributed by atoms with van der Waals surface area (Å²) in [5.74, 6) is -2.11. The van der Waals surface area contributed by atoms with Gasteiger partial charge in [-0.25, -0.2) is 23.0 Å². The second-order valence-electron chi connectivity index (χ2n) is 8.38. The second-order valence-corrected chi connectivity index (χ2v) is 11.4. The number of nitrogen functional groups attached to an aromatic ring is 1. The van der Waals surface area contributed by atoms with Gasteiger partial charge >= 0.3 is 11.9 Å². The molecule has 0 saturated carbocycles. The number of carbonyl (C=O) groups excluding carboxylic acids is 2. The lowest BCUT2D eigenvalue weighted by Gasteiger charge is -2.26. The molecule has 2 rings (SSSR count). The average molecular weight is 498 g/mol. The van der Waals surface area contributed by atoms with Gasteiger partial charge in [0.05, 0.1) is 10.6 Å². The fourth-order valence-corrected chi connectivity index (χ4v) is 3.90. The zero-order valence-corrected chi connectivity index (χ0v) is 20.7. The lowest BCUT2D eigenvalue weighted by atomic mass is 10.1. The Morgan fingerprint density at radius 1 is 1.12 bits per heavy atom. The van der Waals surface area contributed by atoms with Gasteiger partial charge in [-0.3, -0.25) is 0 Å². The van der Waals surface area contributed by atoms with Crippen LogP contribution in [0.2, 0.25) is 0 Å². The fourth-order valence-electron chi connectivity index (χ4n) is 2.24. The van der Waals surface area contributed by atoms with E-state index in [9.17, 15) is 18.0 Å². The van der Waals surface area contributed by atoms with E-state index >= 15 is 0 Å². The van der Waals surface area contributed by atoms with Gasteiger partial charge in [0.15, 0.2) is 15.0 Å². The van der Waals surface area contributed by atoms with Crippen LogP contribution in [0.15, 0.2) is 45.8 Å². The number of nitrogens with two attached hydrogens (primary N) is 1. The van der Waals surface area contributed by atoms with Crippen LogP contribution in [0.3, 0.4) is 0 Å². The van der Waals surface area contributed by atoms with Gasteiger partial charge in [-0.05, 0) is 46.8 Å². The molecule has 33 heavy (non-hydrogen) atoms. The molecule has 0 aliphatic rings. The van der Waals surface area contributed by atoms with Gasteiger partial charge in [-0.1, -0.05) is 23.4 Å². The molecule has 0 spiro atoms. The van der Waals surface area contributed by atoms with Crippen molar-refractivity contribution in [3.05, 3.63) is 41.4 Å². The first-order valence-corrected chi connectivity index (χ1v) is 12.4. The quantitative estimate of drug-likeness (QED) is 0.313. The lowest BCUT2D eigenvalue weighted by Crippen LogP contribution is -2.40. The summed E-state index contributed by atoms with van der Waals surface area (Å²) in [4.78, 5) is 34.5. The Balaban J connectivity index is 2.15. The molecule has 0 aliphatic heterocycles. The Bertz CT molecular complexity index is 1120. The van der Waals surface area contributed by atoms with Gasteiger partial charge in [0, 0.05) is 5.38 Å². The fraction of sp³-hybridized carbons (Fsp3) is 0.429. The van der Waals surface area contributed by atoms with Gasteiger partial charge in [0.1, 0.15) is 17.9 Å². The van der Waals surface area contributed by atoms with Crippen LogP contribution in [0.1, 0.15) is 40.3 Å². The molecule has 0 amide bonds. The molecular weight excluding hydrogens is 470 g/mol. The molecule has 10 nitrogen and oxygen atoms in total. The summed E-state index contributed by atoms with van der Waals surface area (Å²) in [6, 6.07) is 7.80. The molecule has 2 N–H and O–H groups in total. The summed E-state index contributed by atoms with van der Waals surface area (Å²) in [7, 11) is -3.65. The second kappa shape index (κ2) is 10.3. The van der Waals surface area contributed by atoms with Crippen molar-refractivity contribution in [3.63, 3.8) is 0 Å². The first kappa shape index (κ1) is 26.3. The summed E-state index contributed by atoms with van der Waals surface area (Å²) < 4.78 is 35.2. The Morgan fingerprint density at radius 2 is 1.76 bits per heavy atom. The molecular formula is C21H27N3O7S2. The van der Waals surface area contributed by atoms with Crippen LogP contribution < -0.4 is 5.73 Å². The number of carbonyl (C=O) groups is 2. The molecule has 0 saturated heterocycles. The van der Waals surface area contributed by atoms with E-state index in [1.807, 2.05) is 0 Å². The van der Waals surface area contributed by atoms with E-state index in [-0.39, 0.29) is 21.4 Å². The van der Waals surface area contributed by atoms with E-state index in [1.54, 1.807) is 39.0 Å². The highest BCUT2D eigenvalue weighted by Crippen LogP contribution is 2.19. The number of rotatable bonds is 9. The van der Waals surface area contributed by atoms with Crippen molar-refractivity contribution < 1.29 is 32.3 Å². The summed E-state index contributed by atoms with van der Waals surface area (Å²) >= 11 is 1.06. The van der Waals surface area contributed by atoms with Crippen LogP contribution in [0.5, 0.6) is 0 Å². The van der Waals surface area contributed by atoms with Gasteiger partial charge in [0.25, 0.3) is 0 Å². The molecule has 1 aromatic carbocycles. The first-order valence-electron chi connectivity index (χ1n) is 9.87. The number of benzene rings is 1. The van der Waals surface area contributed by atoms with Crippen LogP contribution >= 0.6 is 11.3 Å². The molecule has 0 aliphatic carbocycles. The van der Waals surface area contributed by atoms with E-state index in [1.165, 1.54) is 31.4 Å². The number of sulfone groups is 1.